The molecule has 0 aliphatic carbocycles. The third-order valence-electron chi connectivity index (χ3n) is 5.79. The second kappa shape index (κ2) is 7.42. The Kier molecular flexibility index (Phi) is 4.70. The first kappa shape index (κ1) is 19.6. The zero-order valence-corrected chi connectivity index (χ0v) is 17.9. The first-order chi connectivity index (χ1) is 14.9. The molecule has 0 aromatic heterocycles. The lowest BCUT2D eigenvalue weighted by atomic mass is 9.97. The number of sulfonamides is 1. The van der Waals surface area contributed by atoms with Crippen molar-refractivity contribution in [2.24, 2.45) is 0 Å². The van der Waals surface area contributed by atoms with Crippen molar-refractivity contribution in [1.29, 1.82) is 0 Å². The number of carbonyl (C=O) groups excluding carboxylic acids is 1. The molecule has 0 saturated carbocycles. The minimum Gasteiger partial charge on any atom is -0.457 e. The maximum atomic E-state index is 13.1. The number of nitrogens with one attached hydrogen (secondary N) is 1. The Morgan fingerprint density at radius 2 is 1.71 bits per heavy atom. The molecule has 2 heterocycles. The molecule has 3 aromatic rings. The minimum absolute atomic E-state index is 0.0486. The molecule has 5 rings (SSSR count). The van der Waals surface area contributed by atoms with Crippen LogP contribution in [0.25, 0.3) is 0 Å². The van der Waals surface area contributed by atoms with Crippen LogP contribution >= 0.6 is 0 Å². The summed E-state index contributed by atoms with van der Waals surface area (Å²) >= 11 is 0. The number of amides is 1. The van der Waals surface area contributed by atoms with E-state index in [0.29, 0.717) is 23.7 Å². The number of nitrogens with zero attached hydrogens (tertiary/aromatic N) is 1. The van der Waals surface area contributed by atoms with Crippen LogP contribution in [0.4, 0.5) is 11.4 Å². The van der Waals surface area contributed by atoms with Crippen LogP contribution in [0.5, 0.6) is 11.5 Å². The molecular formula is C24H22N2O4S. The van der Waals surface area contributed by atoms with E-state index in [1.54, 1.807) is 41.3 Å². The summed E-state index contributed by atoms with van der Waals surface area (Å²) in [5, 5.41) is 0. The van der Waals surface area contributed by atoms with E-state index in [0.717, 1.165) is 29.7 Å². The number of aryl methyl sites for hydroxylation is 1. The molecule has 2 aliphatic rings. The Labute approximate surface area is 181 Å². The highest BCUT2D eigenvalue weighted by Gasteiger charge is 2.38. The van der Waals surface area contributed by atoms with Crippen LogP contribution in [0.3, 0.4) is 0 Å². The van der Waals surface area contributed by atoms with Crippen molar-refractivity contribution in [3.8, 4) is 11.5 Å². The second-order valence-electron chi connectivity index (χ2n) is 7.88. The smallest absolute Gasteiger partial charge is 0.261 e. The molecule has 7 heteroatoms. The summed E-state index contributed by atoms with van der Waals surface area (Å²) in [5.41, 5.74) is 3.08. The molecule has 1 N–H and O–H groups in total. The van der Waals surface area contributed by atoms with Crippen LogP contribution in [0.15, 0.2) is 71.6 Å². The van der Waals surface area contributed by atoms with Crippen molar-refractivity contribution in [3.63, 3.8) is 0 Å². The first-order valence-electron chi connectivity index (χ1n) is 10.3. The molecule has 31 heavy (non-hydrogen) atoms. The van der Waals surface area contributed by atoms with Crippen LogP contribution in [-0.4, -0.2) is 20.9 Å². The first-order valence-corrected chi connectivity index (χ1v) is 11.7. The SMILES string of the molecule is C[C@H]1C(=O)N2CCCc3cc(S(=O)(=O)Nc4ccc(Oc5ccccc5)cc4)cc1c32. The summed E-state index contributed by atoms with van der Waals surface area (Å²) in [6.45, 7) is 2.54. The highest BCUT2D eigenvalue weighted by atomic mass is 32.2. The molecule has 0 saturated heterocycles. The van der Waals surface area contributed by atoms with Crippen LogP contribution in [0.1, 0.15) is 30.4 Å². The van der Waals surface area contributed by atoms with Gasteiger partial charge >= 0.3 is 0 Å². The molecule has 3 aromatic carbocycles. The van der Waals surface area contributed by atoms with Crippen molar-refractivity contribution < 1.29 is 17.9 Å². The lowest BCUT2D eigenvalue weighted by Crippen LogP contribution is -2.32. The largest absolute Gasteiger partial charge is 0.457 e. The Bertz CT molecular complexity index is 1250. The highest BCUT2D eigenvalue weighted by molar-refractivity contribution is 7.92. The summed E-state index contributed by atoms with van der Waals surface area (Å²) in [7, 11) is -3.79. The van der Waals surface area contributed by atoms with Gasteiger partial charge in [0.25, 0.3) is 10.0 Å². The van der Waals surface area contributed by atoms with Crippen LogP contribution < -0.4 is 14.4 Å². The number of ether oxygens (including phenoxy) is 1. The van der Waals surface area contributed by atoms with Gasteiger partial charge in [-0.05, 0) is 79.4 Å². The maximum absolute atomic E-state index is 13.1. The number of carbonyl (C=O) groups is 1. The fourth-order valence-corrected chi connectivity index (χ4v) is 5.39. The lowest BCUT2D eigenvalue weighted by Gasteiger charge is -2.26. The summed E-state index contributed by atoms with van der Waals surface area (Å²) in [6.07, 6.45) is 1.61. The monoisotopic (exact) mass is 434 g/mol. The van der Waals surface area contributed by atoms with Crippen LogP contribution in [0.2, 0.25) is 0 Å². The van der Waals surface area contributed by atoms with Crippen molar-refractivity contribution in [2.75, 3.05) is 16.2 Å². The molecule has 1 amide bonds. The van der Waals surface area contributed by atoms with Crippen molar-refractivity contribution in [3.05, 3.63) is 77.9 Å². The predicted octanol–water partition coefficient (Wildman–Crippen LogP) is 4.68. The number of hydrogen-bond acceptors (Lipinski definition) is 4. The van der Waals surface area contributed by atoms with E-state index in [1.807, 2.05) is 37.3 Å². The van der Waals surface area contributed by atoms with Gasteiger partial charge in [-0.2, -0.15) is 0 Å². The van der Waals surface area contributed by atoms with Gasteiger partial charge in [0.2, 0.25) is 5.91 Å². The van der Waals surface area contributed by atoms with Crippen molar-refractivity contribution in [2.45, 2.75) is 30.6 Å². The topological polar surface area (TPSA) is 75.7 Å². The zero-order chi connectivity index (χ0) is 21.6. The number of benzene rings is 3. The predicted molar refractivity (Wildman–Crippen MR) is 119 cm³/mol. The van der Waals surface area contributed by atoms with E-state index in [1.165, 1.54) is 0 Å². The van der Waals surface area contributed by atoms with Crippen molar-refractivity contribution >= 4 is 27.3 Å². The normalized spacial score (nSPS) is 17.4. The summed E-state index contributed by atoms with van der Waals surface area (Å²) in [5.74, 6) is 1.05. The zero-order valence-electron chi connectivity index (χ0n) is 17.0. The summed E-state index contributed by atoms with van der Waals surface area (Å²) in [6, 6.07) is 19.5. The van der Waals surface area contributed by atoms with Gasteiger partial charge in [0, 0.05) is 12.2 Å². The van der Waals surface area contributed by atoms with E-state index in [9.17, 15) is 13.2 Å². The van der Waals surface area contributed by atoms with E-state index >= 15 is 0 Å². The van der Waals surface area contributed by atoms with E-state index in [-0.39, 0.29) is 16.7 Å². The molecule has 0 fully saturated rings. The number of hydrogen-bond donors (Lipinski definition) is 1. The Morgan fingerprint density at radius 1 is 1.00 bits per heavy atom. The van der Waals surface area contributed by atoms with Gasteiger partial charge in [0.1, 0.15) is 11.5 Å². The van der Waals surface area contributed by atoms with E-state index < -0.39 is 10.0 Å². The molecule has 1 atom stereocenters. The fourth-order valence-electron chi connectivity index (χ4n) is 4.25. The Hall–Kier alpha value is -3.32. The van der Waals surface area contributed by atoms with Gasteiger partial charge in [-0.3, -0.25) is 9.52 Å². The average molecular weight is 435 g/mol. The lowest BCUT2D eigenvalue weighted by molar-refractivity contribution is -0.119. The minimum atomic E-state index is -3.79. The average Bonchev–Trinajstić information content (AvgIpc) is 3.02. The van der Waals surface area contributed by atoms with Gasteiger partial charge in [-0.15, -0.1) is 0 Å². The summed E-state index contributed by atoms with van der Waals surface area (Å²) < 4.78 is 34.6. The number of anilines is 2. The van der Waals surface area contributed by atoms with E-state index in [4.69, 9.17) is 4.74 Å². The molecule has 0 radical (unpaired) electrons. The van der Waals surface area contributed by atoms with Crippen LogP contribution in [-0.2, 0) is 21.2 Å². The molecule has 0 spiro atoms. The number of para-hydroxylation sites is 1. The molecule has 2 aliphatic heterocycles. The maximum Gasteiger partial charge on any atom is 0.261 e. The molecular weight excluding hydrogens is 412 g/mol. The molecule has 0 unspecified atom stereocenters. The van der Waals surface area contributed by atoms with Gasteiger partial charge < -0.3 is 9.64 Å². The number of rotatable bonds is 5. The Balaban J connectivity index is 1.40. The third kappa shape index (κ3) is 3.55. The standard InChI is InChI=1S/C24H22N2O4S/c1-16-22-15-21(14-17-6-5-13-26(23(17)22)24(16)27)31(28,29)25-18-9-11-20(12-10-18)30-19-7-3-2-4-8-19/h2-4,7-12,14-16,25H,5-6,13H2,1H3/t16-/m1/s1. The Morgan fingerprint density at radius 3 is 2.45 bits per heavy atom. The quantitative estimate of drug-likeness (QED) is 0.633. The molecule has 158 valence electrons. The summed E-state index contributed by atoms with van der Waals surface area (Å²) in [4.78, 5) is 14.5. The van der Waals surface area contributed by atoms with Gasteiger partial charge in [-0.1, -0.05) is 18.2 Å². The molecule has 6 nitrogen and oxygen atoms in total. The van der Waals surface area contributed by atoms with Crippen LogP contribution in [0, 0.1) is 0 Å². The molecule has 0 bridgehead atoms. The third-order valence-corrected chi connectivity index (χ3v) is 7.15. The van der Waals surface area contributed by atoms with Gasteiger partial charge in [0.15, 0.2) is 0 Å². The fraction of sp³-hybridized carbons (Fsp3) is 0.208. The highest BCUT2D eigenvalue weighted by Crippen LogP contribution is 2.44. The van der Waals surface area contributed by atoms with Gasteiger partial charge in [-0.25, -0.2) is 8.42 Å². The van der Waals surface area contributed by atoms with Gasteiger partial charge in [0.05, 0.1) is 16.5 Å². The second-order valence-corrected chi connectivity index (χ2v) is 9.56. The van der Waals surface area contributed by atoms with E-state index in [2.05, 4.69) is 4.72 Å². The van der Waals surface area contributed by atoms with Crippen molar-refractivity contribution in [1.82, 2.24) is 0 Å².